The number of aromatic hydroxyl groups is 1. The van der Waals surface area contributed by atoms with E-state index in [0.29, 0.717) is 40.7 Å². The van der Waals surface area contributed by atoms with E-state index < -0.39 is 5.63 Å². The number of ether oxygens (including phenoxy) is 2. The van der Waals surface area contributed by atoms with Crippen molar-refractivity contribution in [3.63, 3.8) is 0 Å². The third kappa shape index (κ3) is 1.94. The molecule has 21 heavy (non-hydrogen) atoms. The second-order valence-corrected chi connectivity index (χ2v) is 5.02. The Morgan fingerprint density at radius 1 is 1.14 bits per heavy atom. The van der Waals surface area contributed by atoms with Crippen LogP contribution < -0.4 is 10.4 Å². The molecule has 5 heteroatoms. The first-order valence-corrected chi connectivity index (χ1v) is 6.65. The maximum atomic E-state index is 12.1. The van der Waals surface area contributed by atoms with Crippen LogP contribution in [-0.4, -0.2) is 24.4 Å². The van der Waals surface area contributed by atoms with Crippen molar-refractivity contribution in [2.24, 2.45) is 0 Å². The lowest BCUT2D eigenvalue weighted by Crippen LogP contribution is -2.38. The lowest BCUT2D eigenvalue weighted by atomic mass is 10.1. The fraction of sp³-hybridized carbons (Fsp3) is 0.188. The minimum absolute atomic E-state index is 0.0309. The highest BCUT2D eigenvalue weighted by molar-refractivity contribution is 6.07. The Labute approximate surface area is 119 Å². The summed E-state index contributed by atoms with van der Waals surface area (Å²) in [5, 5.41) is 11.6. The van der Waals surface area contributed by atoms with Gasteiger partial charge in [0.05, 0.1) is 24.0 Å². The Hall–Kier alpha value is -2.53. The first kappa shape index (κ1) is 12.2. The van der Waals surface area contributed by atoms with Gasteiger partial charge in [0.1, 0.15) is 23.2 Å². The van der Waals surface area contributed by atoms with Crippen LogP contribution in [-0.2, 0) is 4.74 Å². The Balaban J connectivity index is 1.94. The Bertz CT molecular complexity index is 892. The molecule has 3 aromatic rings. The number of benzene rings is 2. The van der Waals surface area contributed by atoms with E-state index in [2.05, 4.69) is 0 Å². The van der Waals surface area contributed by atoms with Gasteiger partial charge in [0.2, 0.25) is 0 Å². The fourth-order valence-corrected chi connectivity index (χ4v) is 2.49. The molecule has 1 aliphatic rings. The molecule has 0 amide bonds. The van der Waals surface area contributed by atoms with E-state index in [1.165, 1.54) is 0 Å². The minimum Gasteiger partial charge on any atom is -0.507 e. The molecule has 106 valence electrons. The third-order valence-electron chi connectivity index (χ3n) is 3.60. The second-order valence-electron chi connectivity index (χ2n) is 5.02. The number of fused-ring (bicyclic) bond motifs is 3. The fourth-order valence-electron chi connectivity index (χ4n) is 2.49. The average Bonchev–Trinajstić information content (AvgIpc) is 2.43. The van der Waals surface area contributed by atoms with Gasteiger partial charge in [-0.3, -0.25) is 0 Å². The molecule has 0 saturated carbocycles. The molecule has 0 aliphatic carbocycles. The minimum atomic E-state index is -0.446. The monoisotopic (exact) mass is 284 g/mol. The van der Waals surface area contributed by atoms with Crippen LogP contribution in [0.1, 0.15) is 0 Å². The lowest BCUT2D eigenvalue weighted by molar-refractivity contribution is -0.0796. The Morgan fingerprint density at radius 2 is 2.00 bits per heavy atom. The van der Waals surface area contributed by atoms with E-state index in [1.807, 2.05) is 0 Å². The molecule has 1 aromatic heterocycles. The molecular weight excluding hydrogens is 272 g/mol. The zero-order valence-corrected chi connectivity index (χ0v) is 11.0. The van der Waals surface area contributed by atoms with E-state index in [-0.39, 0.29) is 11.9 Å². The summed E-state index contributed by atoms with van der Waals surface area (Å²) >= 11 is 0. The van der Waals surface area contributed by atoms with Crippen LogP contribution in [0.3, 0.4) is 0 Å². The van der Waals surface area contributed by atoms with Crippen LogP contribution in [0.2, 0.25) is 0 Å². The van der Waals surface area contributed by atoms with Crippen LogP contribution in [0, 0.1) is 0 Å². The molecule has 1 aliphatic heterocycles. The zero-order valence-electron chi connectivity index (χ0n) is 11.0. The smallest absolute Gasteiger partial charge is 0.344 e. The number of hydrogen-bond acceptors (Lipinski definition) is 5. The van der Waals surface area contributed by atoms with Crippen molar-refractivity contribution in [2.75, 3.05) is 13.2 Å². The summed E-state index contributed by atoms with van der Waals surface area (Å²) in [5.41, 5.74) is -0.0769. The molecule has 2 aromatic carbocycles. The third-order valence-corrected chi connectivity index (χ3v) is 3.60. The molecular formula is C16H12O5. The topological polar surface area (TPSA) is 68.9 Å². The molecule has 0 bridgehead atoms. The molecule has 0 unspecified atom stereocenters. The summed E-state index contributed by atoms with van der Waals surface area (Å²) in [6.07, 6.45) is 0.0309. The van der Waals surface area contributed by atoms with Gasteiger partial charge in [-0.15, -0.1) is 0 Å². The summed E-state index contributed by atoms with van der Waals surface area (Å²) in [7, 11) is 0. The predicted molar refractivity (Wildman–Crippen MR) is 76.9 cm³/mol. The summed E-state index contributed by atoms with van der Waals surface area (Å²) in [6, 6.07) is 10.1. The molecule has 5 nitrogen and oxygen atoms in total. The van der Waals surface area contributed by atoms with Crippen molar-refractivity contribution in [1.82, 2.24) is 0 Å². The number of hydrogen-bond donors (Lipinski definition) is 1. The largest absolute Gasteiger partial charge is 0.507 e. The van der Waals surface area contributed by atoms with Gasteiger partial charge < -0.3 is 19.0 Å². The van der Waals surface area contributed by atoms with Gasteiger partial charge in [-0.1, -0.05) is 6.07 Å². The predicted octanol–water partition coefficient (Wildman–Crippen LogP) is 2.43. The highest BCUT2D eigenvalue weighted by atomic mass is 16.6. The van der Waals surface area contributed by atoms with Crippen molar-refractivity contribution in [3.05, 3.63) is 46.8 Å². The summed E-state index contributed by atoms with van der Waals surface area (Å²) in [5.74, 6) is 0.681. The van der Waals surface area contributed by atoms with Crippen LogP contribution in [0.4, 0.5) is 0 Å². The molecule has 1 saturated heterocycles. The first-order chi connectivity index (χ1) is 10.2. The van der Waals surface area contributed by atoms with Gasteiger partial charge in [0.15, 0.2) is 0 Å². The van der Waals surface area contributed by atoms with E-state index >= 15 is 0 Å². The molecule has 0 spiro atoms. The van der Waals surface area contributed by atoms with Gasteiger partial charge in [0, 0.05) is 5.39 Å². The van der Waals surface area contributed by atoms with Crippen LogP contribution in [0.15, 0.2) is 45.6 Å². The van der Waals surface area contributed by atoms with Gasteiger partial charge >= 0.3 is 5.63 Å². The van der Waals surface area contributed by atoms with Crippen molar-refractivity contribution in [3.8, 4) is 11.5 Å². The van der Waals surface area contributed by atoms with Gasteiger partial charge in [-0.2, -0.15) is 0 Å². The second kappa shape index (κ2) is 4.49. The molecule has 0 radical (unpaired) electrons. The number of phenolic OH excluding ortho intramolecular Hbond substituents is 1. The molecule has 0 atom stereocenters. The summed E-state index contributed by atoms with van der Waals surface area (Å²) < 4.78 is 16.0. The number of rotatable bonds is 2. The summed E-state index contributed by atoms with van der Waals surface area (Å²) in [6.45, 7) is 1.12. The van der Waals surface area contributed by atoms with E-state index in [9.17, 15) is 9.90 Å². The quantitative estimate of drug-likeness (QED) is 0.578. The maximum Gasteiger partial charge on any atom is 0.344 e. The van der Waals surface area contributed by atoms with Crippen molar-refractivity contribution in [1.29, 1.82) is 0 Å². The van der Waals surface area contributed by atoms with Crippen LogP contribution in [0.5, 0.6) is 11.5 Å². The molecule has 1 N–H and O–H groups in total. The SMILES string of the molecule is O=c1oc2cccc(O)c2c2ccc(OC3COC3)cc12. The average molecular weight is 284 g/mol. The zero-order chi connectivity index (χ0) is 14.4. The summed E-state index contributed by atoms with van der Waals surface area (Å²) in [4.78, 5) is 12.1. The van der Waals surface area contributed by atoms with E-state index in [0.717, 1.165) is 0 Å². The van der Waals surface area contributed by atoms with Gasteiger partial charge in [-0.25, -0.2) is 4.79 Å². The van der Waals surface area contributed by atoms with Crippen LogP contribution >= 0.6 is 0 Å². The standard InChI is InChI=1S/C16H12O5/c17-13-2-1-3-14-15(13)11-5-4-9(20-10-7-19-8-10)6-12(11)16(18)21-14/h1-6,10,17H,7-8H2. The Kier molecular flexibility index (Phi) is 2.62. The molecule has 1 fully saturated rings. The first-order valence-electron chi connectivity index (χ1n) is 6.65. The lowest BCUT2D eigenvalue weighted by Gasteiger charge is -2.26. The van der Waals surface area contributed by atoms with Crippen molar-refractivity contribution < 1.29 is 19.0 Å². The van der Waals surface area contributed by atoms with E-state index in [4.69, 9.17) is 13.9 Å². The van der Waals surface area contributed by atoms with Gasteiger partial charge in [0.25, 0.3) is 0 Å². The maximum absolute atomic E-state index is 12.1. The molecule has 2 heterocycles. The van der Waals surface area contributed by atoms with Crippen LogP contribution in [0.25, 0.3) is 21.7 Å². The molecule has 4 rings (SSSR count). The Morgan fingerprint density at radius 3 is 2.76 bits per heavy atom. The number of phenols is 1. The van der Waals surface area contributed by atoms with Crippen molar-refractivity contribution in [2.45, 2.75) is 6.10 Å². The highest BCUT2D eigenvalue weighted by Gasteiger charge is 2.20. The van der Waals surface area contributed by atoms with Gasteiger partial charge in [-0.05, 0) is 30.3 Å². The normalized spacial score (nSPS) is 15.2. The van der Waals surface area contributed by atoms with Crippen molar-refractivity contribution >= 4 is 21.7 Å². The highest BCUT2D eigenvalue weighted by Crippen LogP contribution is 2.32. The van der Waals surface area contributed by atoms with E-state index in [1.54, 1.807) is 36.4 Å².